The first-order valence-electron chi connectivity index (χ1n) is 10.7. The molecule has 1 aliphatic carbocycles. The number of amides is 2. The van der Waals surface area contributed by atoms with Crippen molar-refractivity contribution in [2.45, 2.75) is 57.9 Å². The van der Waals surface area contributed by atoms with Gasteiger partial charge in [-0.1, -0.05) is 11.6 Å². The average Bonchev–Trinajstić information content (AvgIpc) is 3.14. The fraction of sp³-hybridized carbons (Fsp3) is 0.667. The predicted molar refractivity (Wildman–Crippen MR) is 105 cm³/mol. The standard InChI is InChI=1S/C21H30N4O3/c26-20(22-10-9-16-6-2-1-3-7-16)19-23-18(17-8-4-5-11-25(17)19)21(27)24-12-14-28-15-13-24/h6H,1-5,7-15H2,(H,22,26). The van der Waals surface area contributed by atoms with Crippen LogP contribution in [0.5, 0.6) is 0 Å². The first kappa shape index (κ1) is 19.2. The van der Waals surface area contributed by atoms with Crippen LogP contribution in [0.1, 0.15) is 71.7 Å². The molecule has 0 radical (unpaired) electrons. The van der Waals surface area contributed by atoms with Crippen LogP contribution in [0.25, 0.3) is 0 Å². The van der Waals surface area contributed by atoms with Gasteiger partial charge >= 0.3 is 0 Å². The maximum atomic E-state index is 13.0. The highest BCUT2D eigenvalue weighted by Gasteiger charge is 2.30. The normalized spacial score (nSPS) is 19.7. The van der Waals surface area contributed by atoms with Crippen molar-refractivity contribution in [3.8, 4) is 0 Å². The largest absolute Gasteiger partial charge is 0.378 e. The molecule has 4 rings (SSSR count). The summed E-state index contributed by atoms with van der Waals surface area (Å²) in [7, 11) is 0. The van der Waals surface area contributed by atoms with E-state index in [2.05, 4.69) is 16.4 Å². The van der Waals surface area contributed by atoms with E-state index in [0.29, 0.717) is 44.4 Å². The van der Waals surface area contributed by atoms with Crippen LogP contribution < -0.4 is 5.32 Å². The Kier molecular flexibility index (Phi) is 6.10. The molecule has 1 fully saturated rings. The summed E-state index contributed by atoms with van der Waals surface area (Å²) in [5, 5.41) is 3.02. The monoisotopic (exact) mass is 386 g/mol. The molecule has 152 valence electrons. The topological polar surface area (TPSA) is 76.5 Å². The zero-order valence-electron chi connectivity index (χ0n) is 16.5. The summed E-state index contributed by atoms with van der Waals surface area (Å²) >= 11 is 0. The Labute approximate surface area is 166 Å². The molecule has 28 heavy (non-hydrogen) atoms. The van der Waals surface area contributed by atoms with Crippen LogP contribution in [0.4, 0.5) is 0 Å². The third-order valence-electron chi connectivity index (χ3n) is 5.94. The fourth-order valence-corrected chi connectivity index (χ4v) is 4.35. The number of carbonyl (C=O) groups is 2. The third kappa shape index (κ3) is 4.14. The number of allylic oxidation sites excluding steroid dienone is 1. The van der Waals surface area contributed by atoms with Crippen LogP contribution in [0.15, 0.2) is 11.6 Å². The van der Waals surface area contributed by atoms with E-state index in [1.807, 2.05) is 4.57 Å². The first-order chi connectivity index (χ1) is 13.7. The number of rotatable bonds is 5. The Hall–Kier alpha value is -2.15. The second-order valence-corrected chi connectivity index (χ2v) is 7.86. The Morgan fingerprint density at radius 1 is 1.07 bits per heavy atom. The van der Waals surface area contributed by atoms with Gasteiger partial charge in [-0.3, -0.25) is 9.59 Å². The van der Waals surface area contributed by atoms with Crippen molar-refractivity contribution in [3.05, 3.63) is 28.9 Å². The quantitative estimate of drug-likeness (QED) is 0.788. The maximum absolute atomic E-state index is 13.0. The number of imidazole rings is 1. The number of fused-ring (bicyclic) bond motifs is 1. The average molecular weight is 386 g/mol. The highest BCUT2D eigenvalue weighted by atomic mass is 16.5. The zero-order chi connectivity index (χ0) is 19.3. The molecule has 1 aromatic heterocycles. The van der Waals surface area contributed by atoms with E-state index in [4.69, 9.17) is 4.74 Å². The van der Waals surface area contributed by atoms with E-state index in [-0.39, 0.29) is 11.8 Å². The molecule has 0 atom stereocenters. The van der Waals surface area contributed by atoms with Crippen LogP contribution in [0, 0.1) is 0 Å². The third-order valence-corrected chi connectivity index (χ3v) is 5.94. The fourth-order valence-electron chi connectivity index (χ4n) is 4.35. The van der Waals surface area contributed by atoms with Gasteiger partial charge in [0.25, 0.3) is 11.8 Å². The lowest BCUT2D eigenvalue weighted by Crippen LogP contribution is -2.41. The van der Waals surface area contributed by atoms with Crippen LogP contribution >= 0.6 is 0 Å². The summed E-state index contributed by atoms with van der Waals surface area (Å²) in [4.78, 5) is 32.1. The van der Waals surface area contributed by atoms with Crippen molar-refractivity contribution in [2.24, 2.45) is 0 Å². The number of carbonyl (C=O) groups excluding carboxylic acids is 2. The molecule has 0 spiro atoms. The minimum Gasteiger partial charge on any atom is -0.378 e. The summed E-state index contributed by atoms with van der Waals surface area (Å²) in [6, 6.07) is 0. The minimum absolute atomic E-state index is 0.0691. The molecule has 1 saturated heterocycles. The van der Waals surface area contributed by atoms with Gasteiger partial charge in [-0.05, 0) is 51.4 Å². The number of aromatic nitrogens is 2. The molecule has 1 aromatic rings. The number of morpholine rings is 1. The highest BCUT2D eigenvalue weighted by molar-refractivity contribution is 5.97. The molecule has 3 aliphatic rings. The van der Waals surface area contributed by atoms with Crippen molar-refractivity contribution in [3.63, 3.8) is 0 Å². The minimum atomic E-state index is -0.166. The number of nitrogens with one attached hydrogen (secondary N) is 1. The highest BCUT2D eigenvalue weighted by Crippen LogP contribution is 2.23. The van der Waals surface area contributed by atoms with E-state index in [1.165, 1.54) is 18.4 Å². The lowest BCUT2D eigenvalue weighted by atomic mass is 9.97. The van der Waals surface area contributed by atoms with Gasteiger partial charge in [0, 0.05) is 26.2 Å². The summed E-state index contributed by atoms with van der Waals surface area (Å²) in [5.74, 6) is 0.157. The van der Waals surface area contributed by atoms with Gasteiger partial charge in [-0.15, -0.1) is 0 Å². The Morgan fingerprint density at radius 3 is 2.68 bits per heavy atom. The summed E-state index contributed by atoms with van der Waals surface area (Å²) in [5.41, 5.74) is 2.82. The summed E-state index contributed by atoms with van der Waals surface area (Å²) in [6.45, 7) is 3.67. The van der Waals surface area contributed by atoms with Crippen molar-refractivity contribution in [2.75, 3.05) is 32.8 Å². The molecular weight excluding hydrogens is 356 g/mol. The van der Waals surface area contributed by atoms with E-state index in [9.17, 15) is 9.59 Å². The Balaban J connectivity index is 1.47. The second kappa shape index (κ2) is 8.90. The van der Waals surface area contributed by atoms with Crippen molar-refractivity contribution in [1.82, 2.24) is 19.8 Å². The molecule has 3 heterocycles. The molecular formula is C21H30N4O3. The van der Waals surface area contributed by atoms with Crippen LogP contribution in [0.3, 0.4) is 0 Å². The lowest BCUT2D eigenvalue weighted by Gasteiger charge is -2.26. The molecule has 0 saturated carbocycles. The summed E-state index contributed by atoms with van der Waals surface area (Å²) < 4.78 is 7.31. The molecule has 1 N–H and O–H groups in total. The van der Waals surface area contributed by atoms with Gasteiger partial charge in [0.15, 0.2) is 5.82 Å². The zero-order valence-corrected chi connectivity index (χ0v) is 16.5. The van der Waals surface area contributed by atoms with E-state index in [1.54, 1.807) is 4.90 Å². The summed E-state index contributed by atoms with van der Waals surface area (Å²) in [6.07, 6.45) is 10.9. The van der Waals surface area contributed by atoms with E-state index >= 15 is 0 Å². The van der Waals surface area contributed by atoms with Gasteiger partial charge in [-0.2, -0.15) is 0 Å². The van der Waals surface area contributed by atoms with Crippen LogP contribution in [-0.4, -0.2) is 59.1 Å². The Morgan fingerprint density at radius 2 is 1.89 bits per heavy atom. The maximum Gasteiger partial charge on any atom is 0.287 e. The molecule has 2 aliphatic heterocycles. The van der Waals surface area contributed by atoms with Crippen LogP contribution in [0.2, 0.25) is 0 Å². The smallest absolute Gasteiger partial charge is 0.287 e. The molecule has 2 amide bonds. The van der Waals surface area contributed by atoms with E-state index in [0.717, 1.165) is 50.8 Å². The SMILES string of the molecule is O=C(NCCC1=CCCCC1)c1nc(C(=O)N2CCOCC2)c2n1CCCC2. The predicted octanol–water partition coefficient (Wildman–Crippen LogP) is 2.31. The molecule has 0 unspecified atom stereocenters. The number of hydrogen-bond donors (Lipinski definition) is 1. The van der Waals surface area contributed by atoms with Gasteiger partial charge in [0.05, 0.1) is 18.9 Å². The number of nitrogens with zero attached hydrogens (tertiary/aromatic N) is 3. The number of hydrogen-bond acceptors (Lipinski definition) is 4. The van der Waals surface area contributed by atoms with Crippen LogP contribution in [-0.2, 0) is 17.7 Å². The van der Waals surface area contributed by atoms with Gasteiger partial charge in [0.1, 0.15) is 5.69 Å². The second-order valence-electron chi connectivity index (χ2n) is 7.86. The van der Waals surface area contributed by atoms with Gasteiger partial charge < -0.3 is 19.5 Å². The van der Waals surface area contributed by atoms with E-state index < -0.39 is 0 Å². The van der Waals surface area contributed by atoms with Crippen molar-refractivity contribution in [1.29, 1.82) is 0 Å². The Bertz CT molecular complexity index is 762. The molecule has 0 aromatic carbocycles. The lowest BCUT2D eigenvalue weighted by molar-refractivity contribution is 0.0298. The van der Waals surface area contributed by atoms with Crippen molar-refractivity contribution < 1.29 is 14.3 Å². The molecule has 7 nitrogen and oxygen atoms in total. The number of ether oxygens (including phenoxy) is 1. The van der Waals surface area contributed by atoms with Gasteiger partial charge in [-0.25, -0.2) is 4.98 Å². The van der Waals surface area contributed by atoms with Crippen molar-refractivity contribution >= 4 is 11.8 Å². The first-order valence-corrected chi connectivity index (χ1v) is 10.7. The molecule has 7 heteroatoms. The van der Waals surface area contributed by atoms with Gasteiger partial charge in [0.2, 0.25) is 0 Å². The molecule has 0 bridgehead atoms.